The number of para-hydroxylation sites is 1. The molecule has 1 aromatic heterocycles. The highest BCUT2D eigenvalue weighted by Crippen LogP contribution is 2.34. The second kappa shape index (κ2) is 7.27. The molecule has 2 aromatic carbocycles. The second-order valence-electron chi connectivity index (χ2n) is 6.90. The maximum atomic E-state index is 5.47. The van der Waals surface area contributed by atoms with Crippen LogP contribution in [0.5, 0.6) is 5.75 Å². The van der Waals surface area contributed by atoms with Crippen molar-refractivity contribution in [1.29, 1.82) is 0 Å². The molecule has 0 saturated carbocycles. The first-order valence-electron chi connectivity index (χ1n) is 9.27. The van der Waals surface area contributed by atoms with Crippen LogP contribution in [0.4, 0.5) is 23.1 Å². The molecule has 2 heterocycles. The largest absolute Gasteiger partial charge is 0.495 e. The summed E-state index contributed by atoms with van der Waals surface area (Å²) in [5.74, 6) is 2.27. The predicted octanol–water partition coefficient (Wildman–Crippen LogP) is 4.93. The first-order valence-corrected chi connectivity index (χ1v) is 9.27. The van der Waals surface area contributed by atoms with Crippen molar-refractivity contribution < 1.29 is 4.74 Å². The van der Waals surface area contributed by atoms with Gasteiger partial charge in [0.25, 0.3) is 0 Å². The van der Waals surface area contributed by atoms with Crippen LogP contribution in [0.2, 0.25) is 0 Å². The number of nitrogens with one attached hydrogen (secondary N) is 1. The molecule has 4 rings (SSSR count). The zero-order valence-electron chi connectivity index (χ0n) is 16.0. The summed E-state index contributed by atoms with van der Waals surface area (Å²) < 4.78 is 5.47. The maximum Gasteiger partial charge on any atom is 0.229 e. The molecule has 27 heavy (non-hydrogen) atoms. The molecular weight excluding hydrogens is 336 g/mol. The molecule has 138 valence electrons. The van der Waals surface area contributed by atoms with E-state index in [9.17, 15) is 0 Å². The Balaban J connectivity index is 1.70. The van der Waals surface area contributed by atoms with Crippen molar-refractivity contribution in [2.45, 2.75) is 26.7 Å². The highest BCUT2D eigenvalue weighted by molar-refractivity contribution is 5.68. The van der Waals surface area contributed by atoms with Gasteiger partial charge in [-0.05, 0) is 56.0 Å². The van der Waals surface area contributed by atoms with Crippen LogP contribution in [0.3, 0.4) is 0 Å². The summed E-state index contributed by atoms with van der Waals surface area (Å²) in [7, 11) is 1.67. The van der Waals surface area contributed by atoms with Gasteiger partial charge >= 0.3 is 0 Å². The van der Waals surface area contributed by atoms with Crippen molar-refractivity contribution in [3.8, 4) is 5.75 Å². The maximum absolute atomic E-state index is 5.47. The Bertz CT molecular complexity index is 970. The Hall–Kier alpha value is -3.08. The van der Waals surface area contributed by atoms with E-state index in [4.69, 9.17) is 9.72 Å². The quantitative estimate of drug-likeness (QED) is 0.715. The Morgan fingerprint density at radius 3 is 2.74 bits per heavy atom. The van der Waals surface area contributed by atoms with E-state index >= 15 is 0 Å². The van der Waals surface area contributed by atoms with E-state index in [0.717, 1.165) is 47.9 Å². The van der Waals surface area contributed by atoms with Crippen molar-refractivity contribution in [3.05, 3.63) is 65.4 Å². The molecular formula is C22H24N4O. The third kappa shape index (κ3) is 3.58. The normalized spacial score (nSPS) is 13.2. The molecule has 1 N–H and O–H groups in total. The van der Waals surface area contributed by atoms with E-state index in [-0.39, 0.29) is 0 Å². The van der Waals surface area contributed by atoms with Gasteiger partial charge in [0.2, 0.25) is 5.95 Å². The molecule has 0 spiro atoms. The van der Waals surface area contributed by atoms with Gasteiger partial charge in [-0.1, -0.05) is 24.3 Å². The number of ether oxygens (including phenoxy) is 1. The van der Waals surface area contributed by atoms with E-state index in [0.29, 0.717) is 5.95 Å². The van der Waals surface area contributed by atoms with Crippen LogP contribution in [0.25, 0.3) is 0 Å². The Kier molecular flexibility index (Phi) is 4.67. The topological polar surface area (TPSA) is 50.3 Å². The number of methoxy groups -OCH3 is 1. The molecule has 0 unspecified atom stereocenters. The van der Waals surface area contributed by atoms with Crippen molar-refractivity contribution in [2.24, 2.45) is 0 Å². The smallest absolute Gasteiger partial charge is 0.229 e. The molecule has 5 heteroatoms. The standard InChI is InChI=1S/C22H24N4O/c1-15-10-11-20(27-3)18(13-15)24-22-23-16(2)14-21(25-22)26-12-6-8-17-7-4-5-9-19(17)26/h4-5,7,9-11,13-14H,6,8,12H2,1-3H3,(H,23,24,25). The molecule has 0 fully saturated rings. The minimum atomic E-state index is 0.581. The lowest BCUT2D eigenvalue weighted by molar-refractivity contribution is 0.416. The van der Waals surface area contributed by atoms with Crippen molar-refractivity contribution in [2.75, 3.05) is 23.9 Å². The second-order valence-corrected chi connectivity index (χ2v) is 6.90. The van der Waals surface area contributed by atoms with Crippen molar-refractivity contribution in [1.82, 2.24) is 9.97 Å². The summed E-state index contributed by atoms with van der Waals surface area (Å²) in [4.78, 5) is 11.7. The van der Waals surface area contributed by atoms with Crippen LogP contribution in [0.1, 0.15) is 23.2 Å². The molecule has 0 aliphatic carbocycles. The minimum Gasteiger partial charge on any atom is -0.495 e. The van der Waals surface area contributed by atoms with Gasteiger partial charge in [-0.2, -0.15) is 4.98 Å². The zero-order valence-corrected chi connectivity index (χ0v) is 16.0. The van der Waals surface area contributed by atoms with Gasteiger partial charge in [-0.25, -0.2) is 4.98 Å². The molecule has 0 saturated heterocycles. The van der Waals surface area contributed by atoms with E-state index in [1.54, 1.807) is 7.11 Å². The highest BCUT2D eigenvalue weighted by Gasteiger charge is 2.20. The van der Waals surface area contributed by atoms with Crippen LogP contribution < -0.4 is 15.0 Å². The number of hydrogen-bond donors (Lipinski definition) is 1. The summed E-state index contributed by atoms with van der Waals surface area (Å²) in [6.07, 6.45) is 2.23. The lowest BCUT2D eigenvalue weighted by atomic mass is 10.0. The van der Waals surface area contributed by atoms with Crippen LogP contribution in [0.15, 0.2) is 48.5 Å². The predicted molar refractivity (Wildman–Crippen MR) is 110 cm³/mol. The fraction of sp³-hybridized carbons (Fsp3) is 0.273. The van der Waals surface area contributed by atoms with Crippen molar-refractivity contribution in [3.63, 3.8) is 0 Å². The molecule has 0 amide bonds. The third-order valence-electron chi connectivity index (χ3n) is 4.83. The molecule has 0 atom stereocenters. The van der Waals surface area contributed by atoms with Gasteiger partial charge in [-0.3, -0.25) is 0 Å². The number of aromatic nitrogens is 2. The average Bonchev–Trinajstić information content (AvgIpc) is 2.67. The number of rotatable bonds is 4. The molecule has 0 bridgehead atoms. The first-order chi connectivity index (χ1) is 13.1. The number of fused-ring (bicyclic) bond motifs is 1. The van der Waals surface area contributed by atoms with Crippen LogP contribution in [0, 0.1) is 13.8 Å². The Morgan fingerprint density at radius 1 is 1.04 bits per heavy atom. The minimum absolute atomic E-state index is 0.581. The lowest BCUT2D eigenvalue weighted by Gasteiger charge is -2.30. The summed E-state index contributed by atoms with van der Waals surface area (Å²) in [6.45, 7) is 5.01. The fourth-order valence-corrected chi connectivity index (χ4v) is 3.56. The molecule has 3 aromatic rings. The number of nitrogens with zero attached hydrogens (tertiary/aromatic N) is 3. The fourth-order valence-electron chi connectivity index (χ4n) is 3.56. The van der Waals surface area contributed by atoms with Crippen LogP contribution in [-0.4, -0.2) is 23.6 Å². The Morgan fingerprint density at radius 2 is 1.89 bits per heavy atom. The van der Waals surface area contributed by atoms with Crippen LogP contribution >= 0.6 is 0 Å². The summed E-state index contributed by atoms with van der Waals surface area (Å²) in [6, 6.07) is 16.6. The number of aryl methyl sites for hydroxylation is 3. The molecule has 1 aliphatic heterocycles. The molecule has 0 radical (unpaired) electrons. The first kappa shape index (κ1) is 17.3. The molecule has 1 aliphatic rings. The van der Waals surface area contributed by atoms with Crippen molar-refractivity contribution >= 4 is 23.1 Å². The van der Waals surface area contributed by atoms with Crippen LogP contribution in [-0.2, 0) is 6.42 Å². The van der Waals surface area contributed by atoms with Gasteiger partial charge in [0.15, 0.2) is 0 Å². The Labute approximate surface area is 160 Å². The number of hydrogen-bond acceptors (Lipinski definition) is 5. The number of benzene rings is 2. The average molecular weight is 360 g/mol. The SMILES string of the molecule is COc1ccc(C)cc1Nc1nc(C)cc(N2CCCc3ccccc32)n1. The summed E-state index contributed by atoms with van der Waals surface area (Å²) in [5, 5.41) is 3.33. The molecule has 5 nitrogen and oxygen atoms in total. The van der Waals surface area contributed by atoms with Gasteiger partial charge in [0, 0.05) is 24.0 Å². The van der Waals surface area contributed by atoms with Gasteiger partial charge in [0.1, 0.15) is 11.6 Å². The van der Waals surface area contributed by atoms with E-state index in [2.05, 4.69) is 46.4 Å². The van der Waals surface area contributed by atoms with E-state index < -0.39 is 0 Å². The highest BCUT2D eigenvalue weighted by atomic mass is 16.5. The zero-order chi connectivity index (χ0) is 18.8. The number of anilines is 4. The van der Waals surface area contributed by atoms with Gasteiger partial charge in [-0.15, -0.1) is 0 Å². The lowest BCUT2D eigenvalue weighted by Crippen LogP contribution is -2.25. The van der Waals surface area contributed by atoms with E-state index in [1.165, 1.54) is 11.3 Å². The van der Waals surface area contributed by atoms with Gasteiger partial charge in [0.05, 0.1) is 12.8 Å². The summed E-state index contributed by atoms with van der Waals surface area (Å²) >= 11 is 0. The summed E-state index contributed by atoms with van der Waals surface area (Å²) in [5.41, 5.74) is 5.55. The third-order valence-corrected chi connectivity index (χ3v) is 4.83. The monoisotopic (exact) mass is 360 g/mol. The van der Waals surface area contributed by atoms with E-state index in [1.807, 2.05) is 31.2 Å². The van der Waals surface area contributed by atoms with Gasteiger partial charge < -0.3 is 15.0 Å².